The first kappa shape index (κ1) is 30.6. The molecule has 2 aliphatic rings. The first-order valence-corrected chi connectivity index (χ1v) is 15.3. The number of benzene rings is 3. The minimum absolute atomic E-state index is 0.0159. The largest absolute Gasteiger partial charge is 0.508 e. The molecule has 2 fully saturated rings. The molecule has 2 saturated heterocycles. The van der Waals surface area contributed by atoms with Gasteiger partial charge in [0.2, 0.25) is 5.91 Å². The Morgan fingerprint density at radius 1 is 1.20 bits per heavy atom. The highest BCUT2D eigenvalue weighted by molar-refractivity contribution is 6.35. The number of halogens is 2. The van der Waals surface area contributed by atoms with E-state index in [2.05, 4.69) is 36.5 Å². The summed E-state index contributed by atoms with van der Waals surface area (Å²) in [6.45, 7) is 8.98. The number of fused-ring (bicyclic) bond motifs is 2. The number of phenolic OH excluding ortho intramolecular Hbond substituents is 1. The van der Waals surface area contributed by atoms with E-state index in [0.29, 0.717) is 48.9 Å². The standard InChI is InChI=1S/C34H34ClFN6O3/c1-4-29(44)42-12-11-41(18-23(42)9-10-37)33-27-15-28(35)30(26-14-24(43)13-21-7-5-6-8-25(21)26)31(36)32(27)38-34(39-33)45-19-22-17-40(3)16-20(22)2/h4-8,13-15,20,22-23,43H,1,9,11-12,16-19H2,2-3H3. The number of aromatic nitrogens is 2. The molecule has 1 amide bonds. The van der Waals surface area contributed by atoms with Crippen molar-refractivity contribution < 1.29 is 19.0 Å². The minimum atomic E-state index is -0.662. The Morgan fingerprint density at radius 2 is 2.00 bits per heavy atom. The number of ether oxygens (including phenoxy) is 1. The van der Waals surface area contributed by atoms with Crippen LogP contribution >= 0.6 is 11.6 Å². The predicted molar refractivity (Wildman–Crippen MR) is 173 cm³/mol. The van der Waals surface area contributed by atoms with Gasteiger partial charge < -0.3 is 24.5 Å². The van der Waals surface area contributed by atoms with Crippen LogP contribution < -0.4 is 9.64 Å². The van der Waals surface area contributed by atoms with Crippen molar-refractivity contribution in [1.29, 1.82) is 5.26 Å². The highest BCUT2D eigenvalue weighted by Gasteiger charge is 2.33. The molecular formula is C34H34ClFN6O3. The maximum Gasteiger partial charge on any atom is 0.319 e. The number of rotatable bonds is 7. The third-order valence-corrected chi connectivity index (χ3v) is 9.20. The Labute approximate surface area is 266 Å². The van der Waals surface area contributed by atoms with Gasteiger partial charge in [0.25, 0.3) is 0 Å². The average Bonchev–Trinajstić information content (AvgIpc) is 3.35. The van der Waals surface area contributed by atoms with Crippen molar-refractivity contribution in [2.45, 2.75) is 19.4 Å². The smallest absolute Gasteiger partial charge is 0.319 e. The summed E-state index contributed by atoms with van der Waals surface area (Å²) in [5.74, 6) is 0.156. The van der Waals surface area contributed by atoms with Gasteiger partial charge in [-0.3, -0.25) is 4.79 Å². The third kappa shape index (κ3) is 5.86. The molecule has 0 radical (unpaired) electrons. The van der Waals surface area contributed by atoms with Crippen molar-refractivity contribution in [1.82, 2.24) is 19.8 Å². The number of likely N-dealkylation sites (tertiary alicyclic amines) is 1. The molecule has 232 valence electrons. The quantitative estimate of drug-likeness (QED) is 0.262. The number of nitriles is 1. The molecule has 0 aliphatic carbocycles. The Balaban J connectivity index is 1.49. The zero-order valence-electron chi connectivity index (χ0n) is 25.2. The maximum absolute atomic E-state index is 16.8. The van der Waals surface area contributed by atoms with E-state index < -0.39 is 11.9 Å². The molecule has 3 unspecified atom stereocenters. The molecule has 3 atom stereocenters. The van der Waals surface area contributed by atoms with Crippen molar-refractivity contribution in [3.8, 4) is 29.0 Å². The van der Waals surface area contributed by atoms with Gasteiger partial charge in [-0.05, 0) is 53.6 Å². The minimum Gasteiger partial charge on any atom is -0.508 e. The van der Waals surface area contributed by atoms with E-state index in [0.717, 1.165) is 23.9 Å². The van der Waals surface area contributed by atoms with E-state index in [4.69, 9.17) is 21.3 Å². The summed E-state index contributed by atoms with van der Waals surface area (Å²) in [5.41, 5.74) is 0.576. The number of hydrogen-bond acceptors (Lipinski definition) is 8. The van der Waals surface area contributed by atoms with E-state index in [1.165, 1.54) is 12.1 Å². The van der Waals surface area contributed by atoms with Gasteiger partial charge in [0, 0.05) is 49.6 Å². The number of phenols is 1. The van der Waals surface area contributed by atoms with Gasteiger partial charge in [-0.2, -0.15) is 15.2 Å². The van der Waals surface area contributed by atoms with Crippen LogP contribution in [0.5, 0.6) is 11.8 Å². The summed E-state index contributed by atoms with van der Waals surface area (Å²) < 4.78 is 23.0. The van der Waals surface area contributed by atoms with Crippen LogP contribution in [0.25, 0.3) is 32.8 Å². The lowest BCUT2D eigenvalue weighted by Gasteiger charge is -2.41. The molecule has 6 rings (SSSR count). The van der Waals surface area contributed by atoms with Gasteiger partial charge >= 0.3 is 6.01 Å². The zero-order valence-corrected chi connectivity index (χ0v) is 26.0. The molecule has 0 spiro atoms. The van der Waals surface area contributed by atoms with Crippen LogP contribution in [0.15, 0.2) is 55.1 Å². The summed E-state index contributed by atoms with van der Waals surface area (Å²) in [6.07, 6.45) is 1.36. The molecule has 45 heavy (non-hydrogen) atoms. The molecule has 0 bridgehead atoms. The van der Waals surface area contributed by atoms with Crippen LogP contribution in [0.2, 0.25) is 5.02 Å². The first-order chi connectivity index (χ1) is 21.7. The Bertz CT molecular complexity index is 1850. The fourth-order valence-corrected chi connectivity index (χ4v) is 6.94. The summed E-state index contributed by atoms with van der Waals surface area (Å²) in [4.78, 5) is 27.7. The molecule has 0 saturated carbocycles. The highest BCUT2D eigenvalue weighted by Crippen LogP contribution is 2.42. The normalized spacial score (nSPS) is 20.5. The van der Waals surface area contributed by atoms with Crippen LogP contribution in [0.4, 0.5) is 10.2 Å². The molecule has 11 heteroatoms. The highest BCUT2D eigenvalue weighted by atomic mass is 35.5. The topological polar surface area (TPSA) is 106 Å². The second-order valence-corrected chi connectivity index (χ2v) is 12.4. The molecule has 4 aromatic rings. The van der Waals surface area contributed by atoms with Crippen molar-refractivity contribution in [2.24, 2.45) is 11.8 Å². The van der Waals surface area contributed by atoms with Gasteiger partial charge in [-0.25, -0.2) is 4.39 Å². The molecule has 3 aromatic carbocycles. The van der Waals surface area contributed by atoms with E-state index in [-0.39, 0.29) is 46.1 Å². The molecule has 2 aliphatic heterocycles. The van der Waals surface area contributed by atoms with Gasteiger partial charge in [-0.15, -0.1) is 0 Å². The lowest BCUT2D eigenvalue weighted by Crippen LogP contribution is -2.55. The fraction of sp³-hybridized carbons (Fsp3) is 0.353. The van der Waals surface area contributed by atoms with Gasteiger partial charge in [0.1, 0.15) is 17.1 Å². The fourth-order valence-electron chi connectivity index (χ4n) is 6.64. The lowest BCUT2D eigenvalue weighted by atomic mass is 9.96. The number of carbonyl (C=O) groups is 1. The number of anilines is 1. The first-order valence-electron chi connectivity index (χ1n) is 15.0. The van der Waals surface area contributed by atoms with Gasteiger partial charge in [0.05, 0.1) is 30.2 Å². The molecule has 3 heterocycles. The number of carbonyl (C=O) groups excluding carboxylic acids is 1. The van der Waals surface area contributed by atoms with Crippen molar-refractivity contribution in [3.05, 3.63) is 66.0 Å². The second kappa shape index (κ2) is 12.5. The van der Waals surface area contributed by atoms with Gasteiger partial charge in [0.15, 0.2) is 5.82 Å². The SMILES string of the molecule is C=CC(=O)N1CCN(c2nc(OCC3CN(C)CC3C)nc3c(F)c(-c4cc(O)cc5ccccc45)c(Cl)cc23)CC1CC#N. The second-order valence-electron chi connectivity index (χ2n) is 12.0. The van der Waals surface area contributed by atoms with Crippen molar-refractivity contribution in [3.63, 3.8) is 0 Å². The van der Waals surface area contributed by atoms with Crippen LogP contribution in [-0.2, 0) is 4.79 Å². The molecule has 9 nitrogen and oxygen atoms in total. The molecule has 1 aromatic heterocycles. The zero-order chi connectivity index (χ0) is 31.8. The lowest BCUT2D eigenvalue weighted by molar-refractivity contribution is -0.128. The van der Waals surface area contributed by atoms with E-state index in [9.17, 15) is 15.2 Å². The Morgan fingerprint density at radius 3 is 2.73 bits per heavy atom. The Hall–Kier alpha value is -4.46. The number of nitrogens with zero attached hydrogens (tertiary/aromatic N) is 6. The molecule has 1 N–H and O–H groups in total. The predicted octanol–water partition coefficient (Wildman–Crippen LogP) is 5.64. The van der Waals surface area contributed by atoms with Gasteiger partial charge in [-0.1, -0.05) is 49.4 Å². The monoisotopic (exact) mass is 628 g/mol. The van der Waals surface area contributed by atoms with E-state index >= 15 is 4.39 Å². The van der Waals surface area contributed by atoms with E-state index in [1.54, 1.807) is 17.0 Å². The maximum atomic E-state index is 16.8. The third-order valence-electron chi connectivity index (χ3n) is 8.90. The summed E-state index contributed by atoms with van der Waals surface area (Å²) in [7, 11) is 2.07. The van der Waals surface area contributed by atoms with Crippen LogP contribution in [0.1, 0.15) is 13.3 Å². The summed E-state index contributed by atoms with van der Waals surface area (Å²) in [6, 6.07) is 13.9. The van der Waals surface area contributed by atoms with E-state index in [1.807, 2.05) is 29.2 Å². The van der Waals surface area contributed by atoms with Crippen LogP contribution in [-0.4, -0.2) is 83.2 Å². The van der Waals surface area contributed by atoms with Crippen molar-refractivity contribution >= 4 is 45.0 Å². The number of amides is 1. The van der Waals surface area contributed by atoms with Crippen molar-refractivity contribution in [2.75, 3.05) is 51.3 Å². The Kier molecular flexibility index (Phi) is 8.49. The summed E-state index contributed by atoms with van der Waals surface area (Å²) >= 11 is 6.85. The average molecular weight is 629 g/mol. The molecular weight excluding hydrogens is 595 g/mol. The van der Waals surface area contributed by atoms with Crippen LogP contribution in [0, 0.1) is 29.0 Å². The van der Waals surface area contributed by atoms with Crippen LogP contribution in [0.3, 0.4) is 0 Å². The summed E-state index contributed by atoms with van der Waals surface area (Å²) in [5, 5.41) is 22.0. The number of aromatic hydroxyl groups is 1. The number of piperazine rings is 1. The number of hydrogen-bond donors (Lipinski definition) is 1.